The number of hydrogen-bond donors (Lipinski definition) is 3. The molecule has 0 spiro atoms. The Bertz CT molecular complexity index is 614. The molecule has 0 radical (unpaired) electrons. The van der Waals surface area contributed by atoms with Gasteiger partial charge in [0.25, 0.3) is 0 Å². The first-order valence-corrected chi connectivity index (χ1v) is 6.83. The molecule has 0 heterocycles. The summed E-state index contributed by atoms with van der Waals surface area (Å²) >= 11 is 0. The quantitative estimate of drug-likeness (QED) is 0.565. The molecule has 0 unspecified atom stereocenters. The predicted molar refractivity (Wildman–Crippen MR) is 87.3 cm³/mol. The standard InChI is InChI=1S/C16H19N3O3/c1-21-9-10-22-15-4-2-3-14(11-15)19-16(20)18-13-7-5-12(17)6-8-13/h2-8,11H,9-10,17H2,1H3,(H2,18,19,20). The molecule has 0 bridgehead atoms. The third kappa shape index (κ3) is 4.99. The van der Waals surface area contributed by atoms with Crippen molar-refractivity contribution < 1.29 is 14.3 Å². The molecule has 0 aliphatic rings. The van der Waals surface area contributed by atoms with Crippen molar-refractivity contribution in [3.05, 3.63) is 48.5 Å². The Labute approximate surface area is 129 Å². The van der Waals surface area contributed by atoms with Gasteiger partial charge in [-0.1, -0.05) is 6.07 Å². The minimum absolute atomic E-state index is 0.334. The monoisotopic (exact) mass is 301 g/mol. The average Bonchev–Trinajstić information content (AvgIpc) is 2.50. The van der Waals surface area contributed by atoms with E-state index >= 15 is 0 Å². The van der Waals surface area contributed by atoms with E-state index in [-0.39, 0.29) is 6.03 Å². The van der Waals surface area contributed by atoms with Crippen LogP contribution in [0.2, 0.25) is 0 Å². The van der Waals surface area contributed by atoms with Crippen LogP contribution in [0, 0.1) is 0 Å². The fraction of sp³-hybridized carbons (Fsp3) is 0.188. The van der Waals surface area contributed by atoms with Gasteiger partial charge in [-0.3, -0.25) is 0 Å². The summed E-state index contributed by atoms with van der Waals surface area (Å²) in [7, 11) is 1.61. The second-order valence-corrected chi connectivity index (χ2v) is 4.57. The SMILES string of the molecule is COCCOc1cccc(NC(=O)Nc2ccc(N)cc2)c1. The predicted octanol–water partition coefficient (Wildman–Crippen LogP) is 2.94. The van der Waals surface area contributed by atoms with Crippen molar-refractivity contribution in [1.82, 2.24) is 0 Å². The molecule has 2 amide bonds. The number of nitrogen functional groups attached to an aromatic ring is 1. The number of carbonyl (C=O) groups is 1. The number of nitrogens with one attached hydrogen (secondary N) is 2. The summed E-state index contributed by atoms with van der Waals surface area (Å²) in [4.78, 5) is 11.9. The number of carbonyl (C=O) groups excluding carboxylic acids is 1. The molecule has 6 heteroatoms. The second-order valence-electron chi connectivity index (χ2n) is 4.57. The van der Waals surface area contributed by atoms with Crippen LogP contribution in [-0.4, -0.2) is 26.4 Å². The molecule has 0 saturated heterocycles. The third-order valence-electron chi connectivity index (χ3n) is 2.82. The van der Waals surface area contributed by atoms with E-state index in [0.29, 0.717) is 36.0 Å². The highest BCUT2D eigenvalue weighted by atomic mass is 16.5. The van der Waals surface area contributed by atoms with Crippen LogP contribution in [0.4, 0.5) is 21.9 Å². The molecule has 6 nitrogen and oxygen atoms in total. The fourth-order valence-electron chi connectivity index (χ4n) is 1.77. The molecule has 2 rings (SSSR count). The molecular formula is C16H19N3O3. The average molecular weight is 301 g/mol. The van der Waals surface area contributed by atoms with Gasteiger partial charge in [0.1, 0.15) is 12.4 Å². The number of ether oxygens (including phenoxy) is 2. The fourth-order valence-corrected chi connectivity index (χ4v) is 1.77. The first kappa shape index (κ1) is 15.7. The number of rotatable bonds is 6. The molecule has 22 heavy (non-hydrogen) atoms. The van der Waals surface area contributed by atoms with E-state index in [9.17, 15) is 4.79 Å². The Morgan fingerprint density at radius 2 is 1.77 bits per heavy atom. The zero-order valence-corrected chi connectivity index (χ0v) is 12.3. The third-order valence-corrected chi connectivity index (χ3v) is 2.82. The minimum Gasteiger partial charge on any atom is -0.491 e. The molecule has 0 aliphatic carbocycles. The summed E-state index contributed by atoms with van der Waals surface area (Å²) in [5, 5.41) is 5.47. The van der Waals surface area contributed by atoms with Crippen LogP contribution in [0.5, 0.6) is 5.75 Å². The molecule has 116 valence electrons. The number of benzene rings is 2. The van der Waals surface area contributed by atoms with Crippen LogP contribution in [0.15, 0.2) is 48.5 Å². The Balaban J connectivity index is 1.90. The van der Waals surface area contributed by atoms with Crippen molar-refractivity contribution in [2.24, 2.45) is 0 Å². The van der Waals surface area contributed by atoms with Crippen molar-refractivity contribution >= 4 is 23.1 Å². The number of amides is 2. The molecule has 2 aromatic rings. The maximum Gasteiger partial charge on any atom is 0.323 e. The van der Waals surface area contributed by atoms with E-state index < -0.39 is 0 Å². The number of nitrogens with two attached hydrogens (primary N) is 1. The lowest BCUT2D eigenvalue weighted by molar-refractivity contribution is 0.146. The highest BCUT2D eigenvalue weighted by Crippen LogP contribution is 2.18. The molecule has 0 saturated carbocycles. The van der Waals surface area contributed by atoms with Gasteiger partial charge >= 0.3 is 6.03 Å². The van der Waals surface area contributed by atoms with Crippen molar-refractivity contribution in [3.63, 3.8) is 0 Å². The van der Waals surface area contributed by atoms with Crippen molar-refractivity contribution in [1.29, 1.82) is 0 Å². The zero-order chi connectivity index (χ0) is 15.8. The maximum absolute atomic E-state index is 11.9. The molecule has 0 fully saturated rings. The first-order valence-electron chi connectivity index (χ1n) is 6.83. The molecule has 0 atom stereocenters. The summed E-state index contributed by atoms with van der Waals surface area (Å²) in [6.45, 7) is 0.965. The minimum atomic E-state index is -0.334. The number of anilines is 3. The van der Waals surface area contributed by atoms with Crippen LogP contribution in [0.1, 0.15) is 0 Å². The van der Waals surface area contributed by atoms with Gasteiger partial charge in [0.2, 0.25) is 0 Å². The van der Waals surface area contributed by atoms with Gasteiger partial charge in [0.05, 0.1) is 6.61 Å². The normalized spacial score (nSPS) is 10.0. The summed E-state index contributed by atoms with van der Waals surface area (Å²) < 4.78 is 10.4. The smallest absolute Gasteiger partial charge is 0.323 e. The summed E-state index contributed by atoms with van der Waals surface area (Å²) in [6.07, 6.45) is 0. The molecular weight excluding hydrogens is 282 g/mol. The topological polar surface area (TPSA) is 85.6 Å². The van der Waals surface area contributed by atoms with Gasteiger partial charge in [0.15, 0.2) is 0 Å². The summed E-state index contributed by atoms with van der Waals surface area (Å²) in [5.41, 5.74) is 7.55. The number of hydrogen-bond acceptors (Lipinski definition) is 4. The zero-order valence-electron chi connectivity index (χ0n) is 12.3. The van der Waals surface area contributed by atoms with Gasteiger partial charge in [-0.05, 0) is 36.4 Å². The molecule has 4 N–H and O–H groups in total. The number of urea groups is 1. The van der Waals surface area contributed by atoms with Gasteiger partial charge in [-0.25, -0.2) is 4.79 Å². The maximum atomic E-state index is 11.9. The highest BCUT2D eigenvalue weighted by molar-refractivity contribution is 5.99. The lowest BCUT2D eigenvalue weighted by atomic mass is 10.3. The first-order chi connectivity index (χ1) is 10.7. The van der Waals surface area contributed by atoms with E-state index in [4.69, 9.17) is 15.2 Å². The molecule has 0 aromatic heterocycles. The van der Waals surface area contributed by atoms with Crippen molar-refractivity contribution in [2.45, 2.75) is 0 Å². The Morgan fingerprint density at radius 3 is 2.50 bits per heavy atom. The van der Waals surface area contributed by atoms with Crippen LogP contribution in [0.25, 0.3) is 0 Å². The van der Waals surface area contributed by atoms with Crippen LogP contribution >= 0.6 is 0 Å². The van der Waals surface area contributed by atoms with Gasteiger partial charge in [0, 0.05) is 30.2 Å². The van der Waals surface area contributed by atoms with Crippen molar-refractivity contribution in [2.75, 3.05) is 36.7 Å². The van der Waals surface area contributed by atoms with Crippen LogP contribution in [0.3, 0.4) is 0 Å². The van der Waals surface area contributed by atoms with E-state index in [1.54, 1.807) is 49.6 Å². The largest absolute Gasteiger partial charge is 0.491 e. The van der Waals surface area contributed by atoms with Crippen molar-refractivity contribution in [3.8, 4) is 5.75 Å². The lowest BCUT2D eigenvalue weighted by Crippen LogP contribution is -2.19. The second kappa shape index (κ2) is 7.90. The summed E-state index contributed by atoms with van der Waals surface area (Å²) in [6, 6.07) is 13.7. The number of methoxy groups -OCH3 is 1. The van der Waals surface area contributed by atoms with Gasteiger partial charge in [-0.2, -0.15) is 0 Å². The Morgan fingerprint density at radius 1 is 1.05 bits per heavy atom. The molecule has 2 aromatic carbocycles. The van der Waals surface area contributed by atoms with E-state index in [1.807, 2.05) is 6.07 Å². The van der Waals surface area contributed by atoms with E-state index in [0.717, 1.165) is 0 Å². The lowest BCUT2D eigenvalue weighted by Gasteiger charge is -2.10. The highest BCUT2D eigenvalue weighted by Gasteiger charge is 2.04. The summed E-state index contributed by atoms with van der Waals surface area (Å²) in [5.74, 6) is 0.669. The van der Waals surface area contributed by atoms with Crippen LogP contribution in [-0.2, 0) is 4.74 Å². The van der Waals surface area contributed by atoms with E-state index in [1.165, 1.54) is 0 Å². The Kier molecular flexibility index (Phi) is 5.62. The molecule has 0 aliphatic heterocycles. The van der Waals surface area contributed by atoms with Gasteiger partial charge < -0.3 is 25.8 Å². The van der Waals surface area contributed by atoms with Gasteiger partial charge in [-0.15, -0.1) is 0 Å². The van der Waals surface area contributed by atoms with E-state index in [2.05, 4.69) is 10.6 Å². The Hall–Kier alpha value is -2.73. The van der Waals surface area contributed by atoms with Crippen LogP contribution < -0.4 is 21.1 Å².